The average molecular weight is 313 g/mol. The second kappa shape index (κ2) is 5.98. The van der Waals surface area contributed by atoms with Gasteiger partial charge in [0, 0.05) is 12.6 Å². The van der Waals surface area contributed by atoms with Crippen molar-refractivity contribution in [2.24, 2.45) is 11.8 Å². The highest BCUT2D eigenvalue weighted by Gasteiger charge is 2.25. The quantitative estimate of drug-likeness (QED) is 0.489. The predicted molar refractivity (Wildman–Crippen MR) is 79.2 cm³/mol. The third-order valence-corrected chi connectivity index (χ3v) is 5.30. The van der Waals surface area contributed by atoms with Crippen molar-refractivity contribution in [2.45, 2.75) is 31.1 Å². The fourth-order valence-corrected chi connectivity index (χ4v) is 3.81. The van der Waals surface area contributed by atoms with Gasteiger partial charge in [0.1, 0.15) is 5.69 Å². The minimum atomic E-state index is -3.75. The van der Waals surface area contributed by atoms with Crippen molar-refractivity contribution in [1.82, 2.24) is 4.72 Å². The Labute approximate surface area is 123 Å². The summed E-state index contributed by atoms with van der Waals surface area (Å²) in [6.07, 6.45) is 3.12. The maximum atomic E-state index is 12.2. The molecule has 0 bridgehead atoms. The monoisotopic (exact) mass is 313 g/mol. The summed E-state index contributed by atoms with van der Waals surface area (Å²) >= 11 is 0. The smallest absolute Gasteiger partial charge is 0.293 e. The summed E-state index contributed by atoms with van der Waals surface area (Å²) in [5.74, 6) is 0.954. The Morgan fingerprint density at radius 2 is 2.14 bits per heavy atom. The first-order chi connectivity index (χ1) is 9.79. The highest BCUT2D eigenvalue weighted by Crippen LogP contribution is 2.30. The van der Waals surface area contributed by atoms with Gasteiger partial charge in [0.2, 0.25) is 10.0 Å². The molecule has 2 rings (SSSR count). The topological polar surface area (TPSA) is 115 Å². The zero-order chi connectivity index (χ0) is 15.6. The van der Waals surface area contributed by atoms with Gasteiger partial charge < -0.3 is 5.73 Å². The Morgan fingerprint density at radius 3 is 2.71 bits per heavy atom. The Kier molecular flexibility index (Phi) is 4.48. The predicted octanol–water partition coefficient (Wildman–Crippen LogP) is 1.89. The molecule has 0 radical (unpaired) electrons. The van der Waals surface area contributed by atoms with Crippen LogP contribution in [0.15, 0.2) is 23.1 Å². The van der Waals surface area contributed by atoms with E-state index in [-0.39, 0.29) is 10.6 Å². The molecule has 0 spiro atoms. The third kappa shape index (κ3) is 3.70. The second-order valence-electron chi connectivity index (χ2n) is 5.61. The number of nitrogens with two attached hydrogens (primary N) is 1. The van der Waals surface area contributed by atoms with Crippen LogP contribution in [0.3, 0.4) is 0 Å². The molecular weight excluding hydrogens is 294 g/mol. The number of nitrogens with zero attached hydrogens (tertiary/aromatic N) is 1. The van der Waals surface area contributed by atoms with E-state index in [1.165, 1.54) is 12.1 Å². The summed E-state index contributed by atoms with van der Waals surface area (Å²) in [7, 11) is -3.75. The summed E-state index contributed by atoms with van der Waals surface area (Å²) in [6, 6.07) is 3.52. The number of sulfonamides is 1. The lowest BCUT2D eigenvalue weighted by molar-refractivity contribution is -0.384. The lowest BCUT2D eigenvalue weighted by Crippen LogP contribution is -2.28. The molecule has 2 atom stereocenters. The van der Waals surface area contributed by atoms with Crippen molar-refractivity contribution in [3.63, 3.8) is 0 Å². The normalized spacial score (nSPS) is 22.3. The van der Waals surface area contributed by atoms with Crippen LogP contribution >= 0.6 is 0 Å². The molecular formula is C13H19N3O4S. The average Bonchev–Trinajstić information content (AvgIpc) is 2.82. The number of hydrogen-bond donors (Lipinski definition) is 2. The van der Waals surface area contributed by atoms with Gasteiger partial charge in [0.25, 0.3) is 5.69 Å². The Bertz CT molecular complexity index is 645. The van der Waals surface area contributed by atoms with Crippen LogP contribution in [0.4, 0.5) is 11.4 Å². The molecule has 116 valence electrons. The van der Waals surface area contributed by atoms with Crippen LogP contribution in [0.5, 0.6) is 0 Å². The molecule has 0 amide bonds. The van der Waals surface area contributed by atoms with Crippen LogP contribution in [0, 0.1) is 22.0 Å². The molecule has 1 aromatic rings. The van der Waals surface area contributed by atoms with Gasteiger partial charge in [-0.2, -0.15) is 0 Å². The van der Waals surface area contributed by atoms with Crippen LogP contribution in [-0.2, 0) is 10.0 Å². The fourth-order valence-electron chi connectivity index (χ4n) is 2.67. The molecule has 1 aliphatic rings. The molecule has 8 heteroatoms. The molecule has 2 unspecified atom stereocenters. The van der Waals surface area contributed by atoms with E-state index < -0.39 is 20.6 Å². The number of nitrogen functional groups attached to an aromatic ring is 1. The van der Waals surface area contributed by atoms with E-state index in [1.807, 2.05) is 0 Å². The molecule has 1 aliphatic carbocycles. The van der Waals surface area contributed by atoms with E-state index in [0.717, 1.165) is 25.3 Å². The van der Waals surface area contributed by atoms with Gasteiger partial charge in [-0.15, -0.1) is 0 Å². The molecule has 7 nitrogen and oxygen atoms in total. The van der Waals surface area contributed by atoms with Gasteiger partial charge in [0.05, 0.1) is 9.82 Å². The van der Waals surface area contributed by atoms with Crippen LogP contribution in [0.2, 0.25) is 0 Å². The van der Waals surface area contributed by atoms with Gasteiger partial charge >= 0.3 is 0 Å². The summed E-state index contributed by atoms with van der Waals surface area (Å²) in [6.45, 7) is 2.52. The molecule has 1 aromatic carbocycles. The molecule has 1 saturated carbocycles. The van der Waals surface area contributed by atoms with E-state index in [2.05, 4.69) is 11.6 Å². The Morgan fingerprint density at radius 1 is 1.43 bits per heavy atom. The van der Waals surface area contributed by atoms with Crippen molar-refractivity contribution in [2.75, 3.05) is 12.3 Å². The Balaban J connectivity index is 2.12. The fraction of sp³-hybridized carbons (Fsp3) is 0.538. The van der Waals surface area contributed by atoms with Gasteiger partial charge in [-0.05, 0) is 36.8 Å². The molecule has 1 fully saturated rings. The van der Waals surface area contributed by atoms with Gasteiger partial charge in [0.15, 0.2) is 0 Å². The maximum absolute atomic E-state index is 12.2. The van der Waals surface area contributed by atoms with E-state index >= 15 is 0 Å². The summed E-state index contributed by atoms with van der Waals surface area (Å²) in [5.41, 5.74) is 5.02. The Hall–Kier alpha value is -1.67. The molecule has 3 N–H and O–H groups in total. The van der Waals surface area contributed by atoms with Crippen LogP contribution in [-0.4, -0.2) is 19.9 Å². The summed E-state index contributed by atoms with van der Waals surface area (Å²) < 4.78 is 26.9. The molecule has 0 aromatic heterocycles. The first kappa shape index (κ1) is 15.7. The molecule has 0 saturated heterocycles. The number of benzene rings is 1. The largest absolute Gasteiger partial charge is 0.393 e. The summed E-state index contributed by atoms with van der Waals surface area (Å²) in [5, 5.41) is 10.8. The number of nitrogens with one attached hydrogen (secondary N) is 1. The summed E-state index contributed by atoms with van der Waals surface area (Å²) in [4.78, 5) is 10.00. The van der Waals surface area contributed by atoms with E-state index in [1.54, 1.807) is 0 Å². The van der Waals surface area contributed by atoms with Crippen molar-refractivity contribution < 1.29 is 13.3 Å². The third-order valence-electron chi connectivity index (χ3n) is 3.87. The van der Waals surface area contributed by atoms with Gasteiger partial charge in [-0.1, -0.05) is 13.3 Å². The highest BCUT2D eigenvalue weighted by molar-refractivity contribution is 7.89. The number of nitro groups is 1. The number of rotatable bonds is 5. The van der Waals surface area contributed by atoms with E-state index in [4.69, 9.17) is 5.73 Å². The SMILES string of the molecule is CC1CCC(CNS(=O)(=O)c2ccc(N)c([N+](=O)[O-])c2)C1. The molecule has 21 heavy (non-hydrogen) atoms. The van der Waals surface area contributed by atoms with Crippen molar-refractivity contribution in [1.29, 1.82) is 0 Å². The first-order valence-corrected chi connectivity index (χ1v) is 8.31. The van der Waals surface area contributed by atoms with Crippen molar-refractivity contribution >= 4 is 21.4 Å². The molecule has 0 heterocycles. The van der Waals surface area contributed by atoms with Crippen LogP contribution in [0.1, 0.15) is 26.2 Å². The van der Waals surface area contributed by atoms with E-state index in [0.29, 0.717) is 18.4 Å². The number of hydrogen-bond acceptors (Lipinski definition) is 5. The zero-order valence-electron chi connectivity index (χ0n) is 11.8. The molecule has 0 aliphatic heterocycles. The lowest BCUT2D eigenvalue weighted by Gasteiger charge is -2.12. The van der Waals surface area contributed by atoms with Crippen LogP contribution < -0.4 is 10.5 Å². The number of anilines is 1. The standard InChI is InChI=1S/C13H19N3O4S/c1-9-2-3-10(6-9)8-15-21(19,20)11-4-5-12(14)13(7-11)16(17)18/h4-5,7,9-10,15H,2-3,6,8,14H2,1H3. The van der Waals surface area contributed by atoms with Gasteiger partial charge in [-0.25, -0.2) is 13.1 Å². The van der Waals surface area contributed by atoms with Crippen LogP contribution in [0.25, 0.3) is 0 Å². The first-order valence-electron chi connectivity index (χ1n) is 6.83. The zero-order valence-corrected chi connectivity index (χ0v) is 12.6. The maximum Gasteiger partial charge on any atom is 0.293 e. The highest BCUT2D eigenvalue weighted by atomic mass is 32.2. The lowest BCUT2D eigenvalue weighted by atomic mass is 10.1. The van der Waals surface area contributed by atoms with E-state index in [9.17, 15) is 18.5 Å². The number of nitro benzene ring substituents is 1. The van der Waals surface area contributed by atoms with Gasteiger partial charge in [-0.3, -0.25) is 10.1 Å². The second-order valence-corrected chi connectivity index (χ2v) is 7.38. The minimum Gasteiger partial charge on any atom is -0.393 e. The van der Waals surface area contributed by atoms with Crippen molar-refractivity contribution in [3.05, 3.63) is 28.3 Å². The van der Waals surface area contributed by atoms with Crippen molar-refractivity contribution in [3.8, 4) is 0 Å². The minimum absolute atomic E-state index is 0.0523.